The zero-order valence-corrected chi connectivity index (χ0v) is 33.3. The lowest BCUT2D eigenvalue weighted by atomic mass is 9.68. The number of aliphatic hydroxyl groups excluding tert-OH is 2. The largest absolute Gasteiger partial charge is 0.507 e. The van der Waals surface area contributed by atoms with Crippen molar-refractivity contribution < 1.29 is 29.3 Å². The molecule has 1 aliphatic heterocycles. The number of benzene rings is 4. The normalized spacial score (nSPS) is 20.2. The number of aromatic hydroxyl groups is 1. The maximum absolute atomic E-state index is 13.9. The second-order valence-electron chi connectivity index (χ2n) is 15.9. The number of rotatable bonds is 14. The molecule has 1 saturated heterocycles. The molecule has 284 valence electrons. The highest BCUT2D eigenvalue weighted by Gasteiger charge is 2.56. The lowest BCUT2D eigenvalue weighted by molar-refractivity contribution is -0.140. The van der Waals surface area contributed by atoms with Crippen molar-refractivity contribution in [2.45, 2.75) is 77.9 Å². The van der Waals surface area contributed by atoms with Gasteiger partial charge in [0, 0.05) is 17.8 Å². The molecule has 2 amide bonds. The predicted molar refractivity (Wildman–Crippen MR) is 219 cm³/mol. The van der Waals surface area contributed by atoms with Crippen LogP contribution in [-0.2, 0) is 14.0 Å². The number of aliphatic hydroxyl groups is 2. The minimum atomic E-state index is -3.00. The summed E-state index contributed by atoms with van der Waals surface area (Å²) in [4.78, 5) is 29.1. The van der Waals surface area contributed by atoms with E-state index in [0.29, 0.717) is 37.8 Å². The predicted octanol–water partition coefficient (Wildman–Crippen LogP) is 7.38. The van der Waals surface area contributed by atoms with Crippen LogP contribution in [-0.4, -0.2) is 66.2 Å². The minimum absolute atomic E-state index is 0.171. The quantitative estimate of drug-likeness (QED) is 0.0707. The Morgan fingerprint density at radius 3 is 2.07 bits per heavy atom. The molecule has 4 aromatic rings. The summed E-state index contributed by atoms with van der Waals surface area (Å²) in [6, 6.07) is 32.1. The highest BCUT2D eigenvalue weighted by molar-refractivity contribution is 6.99. The molecule has 1 aliphatic carbocycles. The average molecular weight is 746 g/mol. The molecule has 0 saturated carbocycles. The van der Waals surface area contributed by atoms with Crippen molar-refractivity contribution in [3.05, 3.63) is 119 Å². The number of fused-ring (bicyclic) bond motifs is 2. The van der Waals surface area contributed by atoms with Crippen molar-refractivity contribution in [1.29, 1.82) is 0 Å². The smallest absolute Gasteiger partial charge is 0.261 e. The Hall–Kier alpha value is -4.34. The van der Waals surface area contributed by atoms with E-state index >= 15 is 0 Å². The Morgan fingerprint density at radius 2 is 1.50 bits per heavy atom. The minimum Gasteiger partial charge on any atom is -0.507 e. The third kappa shape index (κ3) is 7.37. The maximum atomic E-state index is 13.9. The number of carbonyl (C=O) groups is 2. The summed E-state index contributed by atoms with van der Waals surface area (Å²) in [7, 11) is -3.00. The van der Waals surface area contributed by atoms with E-state index in [1.165, 1.54) is 4.90 Å². The fourth-order valence-corrected chi connectivity index (χ4v) is 13.6. The number of amides is 2. The summed E-state index contributed by atoms with van der Waals surface area (Å²) in [5, 5.41) is 37.5. The van der Waals surface area contributed by atoms with Crippen molar-refractivity contribution in [3.8, 4) is 5.75 Å². The first kappa shape index (κ1) is 39.4. The molecule has 3 N–H and O–H groups in total. The standard InChI is InChI=1S/C46H55NO6Si/c1-6-26-47-44(51)38-28-33(30-53-54(46(3,4)5,34-16-10-8-11-17-34)35-18-12-9-13-19-35)42(39(29-48)43(38)45(47)52)41(50)24-22-31(7-2)27-32-23-25-40(49)37-21-15-14-20-36(32)37/h8-21,23,25,27,38-39,41,43,48-50H,6-7,22,24,26,28-30H2,1-5H3/b31-27+/t38-,39+,41-,43-/m1/s1. The van der Waals surface area contributed by atoms with E-state index in [1.54, 1.807) is 6.07 Å². The first-order valence-electron chi connectivity index (χ1n) is 19.5. The van der Waals surface area contributed by atoms with Gasteiger partial charge in [-0.05, 0) is 75.7 Å². The van der Waals surface area contributed by atoms with Crippen LogP contribution in [0.5, 0.6) is 5.75 Å². The monoisotopic (exact) mass is 745 g/mol. The molecule has 1 fully saturated rings. The molecular weight excluding hydrogens is 691 g/mol. The summed E-state index contributed by atoms with van der Waals surface area (Å²) in [6.45, 7) is 10.8. The lowest BCUT2D eigenvalue weighted by Gasteiger charge is -2.44. The van der Waals surface area contributed by atoms with Crippen molar-refractivity contribution in [2.75, 3.05) is 19.8 Å². The molecule has 2 aliphatic rings. The summed E-state index contributed by atoms with van der Waals surface area (Å²) < 4.78 is 7.39. The molecular formula is C46H55NO6Si. The van der Waals surface area contributed by atoms with Crippen LogP contribution in [0.4, 0.5) is 0 Å². The van der Waals surface area contributed by atoms with Crippen LogP contribution in [0.15, 0.2) is 114 Å². The van der Waals surface area contributed by atoms with Crippen LogP contribution in [0.1, 0.15) is 72.3 Å². The Morgan fingerprint density at radius 1 is 0.889 bits per heavy atom. The Kier molecular flexibility index (Phi) is 12.1. The third-order valence-electron chi connectivity index (χ3n) is 11.6. The van der Waals surface area contributed by atoms with Gasteiger partial charge in [0.15, 0.2) is 0 Å². The summed E-state index contributed by atoms with van der Waals surface area (Å²) in [5.74, 6) is -2.25. The topological polar surface area (TPSA) is 107 Å². The first-order valence-corrected chi connectivity index (χ1v) is 21.4. The molecule has 4 atom stereocenters. The molecule has 4 aromatic carbocycles. The molecule has 7 nitrogen and oxygen atoms in total. The van der Waals surface area contributed by atoms with Crippen molar-refractivity contribution in [1.82, 2.24) is 4.90 Å². The van der Waals surface area contributed by atoms with Gasteiger partial charge in [-0.15, -0.1) is 0 Å². The fourth-order valence-electron chi connectivity index (χ4n) is 9.04. The van der Waals surface area contributed by atoms with E-state index < -0.39 is 32.2 Å². The van der Waals surface area contributed by atoms with Gasteiger partial charge in [-0.2, -0.15) is 0 Å². The van der Waals surface area contributed by atoms with E-state index in [1.807, 2.05) is 73.7 Å². The number of nitrogens with zero attached hydrogens (tertiary/aromatic N) is 1. The van der Waals surface area contributed by atoms with E-state index in [9.17, 15) is 24.9 Å². The molecule has 0 bridgehead atoms. The highest BCUT2D eigenvalue weighted by Crippen LogP contribution is 2.47. The van der Waals surface area contributed by atoms with Crippen molar-refractivity contribution >= 4 is 47.4 Å². The van der Waals surface area contributed by atoms with Gasteiger partial charge in [0.25, 0.3) is 8.32 Å². The number of carbonyl (C=O) groups excluding carboxylic acids is 2. The lowest BCUT2D eigenvalue weighted by Crippen LogP contribution is -2.66. The fraction of sp³-hybridized carbons (Fsp3) is 0.391. The van der Waals surface area contributed by atoms with Gasteiger partial charge in [0.05, 0.1) is 31.2 Å². The molecule has 0 spiro atoms. The number of hydrogen-bond acceptors (Lipinski definition) is 6. The van der Waals surface area contributed by atoms with Crippen LogP contribution in [0.25, 0.3) is 16.8 Å². The molecule has 54 heavy (non-hydrogen) atoms. The molecule has 1 heterocycles. The zero-order chi connectivity index (χ0) is 38.6. The number of likely N-dealkylation sites (tertiary alicyclic amines) is 1. The van der Waals surface area contributed by atoms with Crippen molar-refractivity contribution in [3.63, 3.8) is 0 Å². The third-order valence-corrected chi connectivity index (χ3v) is 16.6. The average Bonchev–Trinajstić information content (AvgIpc) is 3.41. The summed E-state index contributed by atoms with van der Waals surface area (Å²) >= 11 is 0. The second kappa shape index (κ2) is 16.6. The number of hydrogen-bond donors (Lipinski definition) is 3. The van der Waals surface area contributed by atoms with Gasteiger partial charge in [-0.3, -0.25) is 14.5 Å². The molecule has 0 radical (unpaired) electrons. The molecule has 0 aromatic heterocycles. The Bertz CT molecular complexity index is 1980. The SMILES string of the molecule is CCCN1C(=O)[C@@H]2[C@@H](CC(CO[Si](c3ccccc3)(c3ccccc3)C(C)(C)C)=C([C@H](O)CC/C(=C/c3ccc(O)c4ccccc34)CC)[C@@H]2CO)C1=O. The molecule has 8 heteroatoms. The van der Waals surface area contributed by atoms with E-state index in [4.69, 9.17) is 4.43 Å². The van der Waals surface area contributed by atoms with Crippen molar-refractivity contribution in [2.24, 2.45) is 17.8 Å². The van der Waals surface area contributed by atoms with E-state index in [0.717, 1.165) is 44.3 Å². The first-order chi connectivity index (χ1) is 26.0. The van der Waals surface area contributed by atoms with E-state index in [2.05, 4.69) is 58.0 Å². The number of phenols is 1. The number of phenolic OH excluding ortho intramolecular Hbond substituents is 1. The van der Waals surface area contributed by atoms with E-state index in [-0.39, 0.29) is 35.8 Å². The van der Waals surface area contributed by atoms with Crippen LogP contribution >= 0.6 is 0 Å². The van der Waals surface area contributed by atoms with Crippen LogP contribution < -0.4 is 10.4 Å². The number of imide groups is 1. The Balaban J connectivity index is 1.40. The van der Waals surface area contributed by atoms with Gasteiger partial charge in [0.2, 0.25) is 11.8 Å². The van der Waals surface area contributed by atoms with Gasteiger partial charge < -0.3 is 19.7 Å². The molecule has 6 rings (SSSR count). The van der Waals surface area contributed by atoms with Crippen LogP contribution in [0.2, 0.25) is 5.04 Å². The van der Waals surface area contributed by atoms with Crippen LogP contribution in [0, 0.1) is 17.8 Å². The maximum Gasteiger partial charge on any atom is 0.261 e. The van der Waals surface area contributed by atoms with Gasteiger partial charge in [-0.1, -0.05) is 137 Å². The second-order valence-corrected chi connectivity index (χ2v) is 20.2. The highest BCUT2D eigenvalue weighted by atomic mass is 28.4. The summed E-state index contributed by atoms with van der Waals surface area (Å²) in [5.41, 5.74) is 3.57. The zero-order valence-electron chi connectivity index (χ0n) is 32.3. The van der Waals surface area contributed by atoms with Gasteiger partial charge in [0.1, 0.15) is 5.75 Å². The van der Waals surface area contributed by atoms with Gasteiger partial charge in [-0.25, -0.2) is 0 Å². The van der Waals surface area contributed by atoms with Crippen LogP contribution in [0.3, 0.4) is 0 Å². The Labute approximate surface area is 321 Å². The number of allylic oxidation sites excluding steroid dienone is 1. The summed E-state index contributed by atoms with van der Waals surface area (Å²) in [6.07, 6.45) is 3.84. The van der Waals surface area contributed by atoms with Gasteiger partial charge >= 0.3 is 0 Å². The molecule has 0 unspecified atom stereocenters.